The van der Waals surface area contributed by atoms with Gasteiger partial charge in [-0.2, -0.15) is 0 Å². The molecule has 0 aromatic rings. The number of aliphatic hydroxyl groups is 1. The van der Waals surface area contributed by atoms with E-state index < -0.39 is 97.5 Å². The van der Waals surface area contributed by atoms with Crippen LogP contribution in [0.5, 0.6) is 0 Å². The van der Waals surface area contributed by atoms with E-state index in [-0.39, 0.29) is 25.7 Å². The lowest BCUT2D eigenvalue weighted by Gasteiger charge is -2.21. The molecule has 0 heterocycles. The SMILES string of the molecule is CCC(C)CCCCCCCCCCC(=O)O[C@H](COC(=O)CCCCCCCCC(C)C)COP(=O)(O)OC[C@H](O)COP(=O)(O)OC[C@@H](COC(=O)CCCCCCCCC(C)C)OC(=O)CCCCCCCCCCC(C)C. The molecule has 0 aliphatic rings. The predicted octanol–water partition coefficient (Wildman–Crippen LogP) is 16.6. The number of rotatable bonds is 59. The third-order valence-electron chi connectivity index (χ3n) is 14.4. The Morgan fingerprint density at radius 1 is 0.346 bits per heavy atom. The van der Waals surface area contributed by atoms with Gasteiger partial charge < -0.3 is 33.8 Å². The molecule has 0 aromatic carbocycles. The van der Waals surface area contributed by atoms with Gasteiger partial charge in [-0.05, 0) is 49.4 Å². The molecule has 0 bridgehead atoms. The smallest absolute Gasteiger partial charge is 0.462 e. The molecule has 0 fully saturated rings. The highest BCUT2D eigenvalue weighted by molar-refractivity contribution is 7.47. The molecule has 6 atom stereocenters. The van der Waals surface area contributed by atoms with Gasteiger partial charge in [0.05, 0.1) is 26.4 Å². The zero-order chi connectivity index (χ0) is 60.4. The van der Waals surface area contributed by atoms with Crippen LogP contribution in [0, 0.1) is 23.7 Å². The fourth-order valence-corrected chi connectivity index (χ4v) is 10.6. The minimum absolute atomic E-state index is 0.102. The highest BCUT2D eigenvalue weighted by Gasteiger charge is 2.30. The second-order valence-corrected chi connectivity index (χ2v) is 27.0. The van der Waals surface area contributed by atoms with E-state index in [4.69, 9.17) is 37.0 Å². The number of aliphatic hydroxyl groups excluding tert-OH is 1. The molecule has 0 aliphatic heterocycles. The summed E-state index contributed by atoms with van der Waals surface area (Å²) in [6.07, 6.45) is 31.0. The van der Waals surface area contributed by atoms with E-state index >= 15 is 0 Å². The number of hydrogen-bond acceptors (Lipinski definition) is 15. The average molecular weight is 1200 g/mol. The van der Waals surface area contributed by atoms with E-state index in [1.54, 1.807) is 0 Å². The summed E-state index contributed by atoms with van der Waals surface area (Å²) in [5.41, 5.74) is 0. The second kappa shape index (κ2) is 52.4. The monoisotopic (exact) mass is 1200 g/mol. The van der Waals surface area contributed by atoms with Crippen LogP contribution in [0.1, 0.15) is 293 Å². The van der Waals surface area contributed by atoms with Crippen molar-refractivity contribution in [3.63, 3.8) is 0 Å². The van der Waals surface area contributed by atoms with Crippen LogP contribution in [0.3, 0.4) is 0 Å². The lowest BCUT2D eigenvalue weighted by Crippen LogP contribution is -2.30. The third kappa shape index (κ3) is 55.7. The molecule has 0 aromatic heterocycles. The lowest BCUT2D eigenvalue weighted by molar-refractivity contribution is -0.161. The minimum Gasteiger partial charge on any atom is -0.462 e. The van der Waals surface area contributed by atoms with Gasteiger partial charge in [0, 0.05) is 25.7 Å². The summed E-state index contributed by atoms with van der Waals surface area (Å²) in [7, 11) is -9.88. The summed E-state index contributed by atoms with van der Waals surface area (Å²) >= 11 is 0. The Morgan fingerprint density at radius 3 is 0.877 bits per heavy atom. The molecule has 0 rings (SSSR count). The highest BCUT2D eigenvalue weighted by Crippen LogP contribution is 2.45. The molecule has 81 heavy (non-hydrogen) atoms. The van der Waals surface area contributed by atoms with Crippen molar-refractivity contribution in [2.75, 3.05) is 39.6 Å². The number of hydrogen-bond donors (Lipinski definition) is 3. The Kier molecular flexibility index (Phi) is 51.1. The van der Waals surface area contributed by atoms with Crippen LogP contribution in [-0.2, 0) is 65.4 Å². The average Bonchev–Trinajstić information content (AvgIpc) is 3.41. The summed E-state index contributed by atoms with van der Waals surface area (Å²) in [5, 5.41) is 10.5. The van der Waals surface area contributed by atoms with Gasteiger partial charge >= 0.3 is 39.5 Å². The molecule has 0 aliphatic carbocycles. The van der Waals surface area contributed by atoms with Crippen LogP contribution in [-0.4, -0.2) is 96.7 Å². The van der Waals surface area contributed by atoms with Crippen LogP contribution in [0.15, 0.2) is 0 Å². The van der Waals surface area contributed by atoms with Crippen LogP contribution >= 0.6 is 15.6 Å². The number of carbonyl (C=O) groups excluding carboxylic acids is 4. The minimum atomic E-state index is -4.94. The highest BCUT2D eigenvalue weighted by atomic mass is 31.2. The van der Waals surface area contributed by atoms with E-state index in [2.05, 4.69) is 55.4 Å². The van der Waals surface area contributed by atoms with Gasteiger partial charge in [0.15, 0.2) is 12.2 Å². The third-order valence-corrected chi connectivity index (χ3v) is 16.3. The van der Waals surface area contributed by atoms with Gasteiger partial charge in [-0.25, -0.2) is 9.13 Å². The number of ether oxygens (including phenoxy) is 4. The maximum Gasteiger partial charge on any atom is 0.472 e. The van der Waals surface area contributed by atoms with Gasteiger partial charge in [-0.3, -0.25) is 37.3 Å². The van der Waals surface area contributed by atoms with Gasteiger partial charge in [0.2, 0.25) is 0 Å². The Balaban J connectivity index is 5.25. The predicted molar refractivity (Wildman–Crippen MR) is 321 cm³/mol. The molecule has 3 N–H and O–H groups in total. The van der Waals surface area contributed by atoms with Crippen molar-refractivity contribution in [2.45, 2.75) is 311 Å². The molecule has 17 nitrogen and oxygen atoms in total. The second-order valence-electron chi connectivity index (χ2n) is 24.1. The summed E-state index contributed by atoms with van der Waals surface area (Å²) in [6, 6.07) is 0. The molecule has 0 amide bonds. The van der Waals surface area contributed by atoms with Crippen molar-refractivity contribution in [2.24, 2.45) is 23.7 Å². The zero-order valence-electron chi connectivity index (χ0n) is 52.4. The Labute approximate surface area is 492 Å². The van der Waals surface area contributed by atoms with Crippen molar-refractivity contribution in [3.8, 4) is 0 Å². The molecule has 0 radical (unpaired) electrons. The van der Waals surface area contributed by atoms with Crippen molar-refractivity contribution < 1.29 is 80.2 Å². The van der Waals surface area contributed by atoms with E-state index in [1.165, 1.54) is 83.5 Å². The number of unbranched alkanes of at least 4 members (excludes halogenated alkanes) is 24. The first-order valence-electron chi connectivity index (χ1n) is 32.2. The van der Waals surface area contributed by atoms with Crippen molar-refractivity contribution in [1.82, 2.24) is 0 Å². The number of phosphoric ester groups is 2. The van der Waals surface area contributed by atoms with Crippen molar-refractivity contribution in [3.05, 3.63) is 0 Å². The fourth-order valence-electron chi connectivity index (χ4n) is 9.04. The summed E-state index contributed by atoms with van der Waals surface area (Å²) in [4.78, 5) is 72.1. The van der Waals surface area contributed by atoms with Crippen LogP contribution in [0.2, 0.25) is 0 Å². The van der Waals surface area contributed by atoms with Crippen LogP contribution in [0.4, 0.5) is 0 Å². The van der Waals surface area contributed by atoms with Crippen LogP contribution in [0.25, 0.3) is 0 Å². The number of carbonyl (C=O) groups is 4. The fraction of sp³-hybridized carbons (Fsp3) is 0.935. The first kappa shape index (κ1) is 79.1. The molecule has 19 heteroatoms. The van der Waals surface area contributed by atoms with Gasteiger partial charge in [0.1, 0.15) is 19.3 Å². The lowest BCUT2D eigenvalue weighted by atomic mass is 9.99. The molecule has 0 saturated carbocycles. The summed E-state index contributed by atoms with van der Waals surface area (Å²) < 4.78 is 67.9. The number of phosphoric acid groups is 2. The summed E-state index contributed by atoms with van der Waals surface area (Å²) in [6.45, 7) is 13.9. The molecular weight excluding hydrogens is 1080 g/mol. The standard InChI is InChI=1S/C62H120O17P2/c1-9-55(8)41-33-25-15-11-13-17-29-37-45-62(67)79-58(49-73-60(65)43-35-27-21-19-24-32-40-54(6)7)51-77-81(70,71)75-47-56(63)46-74-80(68,69)76-50-57(48-72-59(64)42-34-26-20-18-23-31-39-53(4)5)78-61(66)44-36-28-16-12-10-14-22-30-38-52(2)3/h52-58,63H,9-51H2,1-8H3,(H,68,69)(H,70,71)/t55?,56-,57-,58-/m1/s1. The zero-order valence-corrected chi connectivity index (χ0v) is 54.2. The van der Waals surface area contributed by atoms with E-state index in [0.29, 0.717) is 37.5 Å². The Bertz CT molecular complexity index is 1630. The van der Waals surface area contributed by atoms with Gasteiger partial charge in [-0.1, -0.05) is 242 Å². The quantitative estimate of drug-likeness (QED) is 0.0222. The molecular formula is C62H120O17P2. The Hall–Kier alpha value is -1.94. The maximum absolute atomic E-state index is 12.9. The molecule has 3 unspecified atom stereocenters. The first-order chi connectivity index (χ1) is 38.6. The van der Waals surface area contributed by atoms with E-state index in [1.807, 2.05) is 0 Å². The molecule has 480 valence electrons. The van der Waals surface area contributed by atoms with E-state index in [0.717, 1.165) is 115 Å². The topological polar surface area (TPSA) is 237 Å². The molecule has 0 spiro atoms. The Morgan fingerprint density at radius 2 is 0.593 bits per heavy atom. The van der Waals surface area contributed by atoms with Crippen molar-refractivity contribution >= 4 is 39.5 Å². The van der Waals surface area contributed by atoms with Crippen molar-refractivity contribution in [1.29, 1.82) is 0 Å². The van der Waals surface area contributed by atoms with E-state index in [9.17, 15) is 43.2 Å². The number of esters is 4. The largest absolute Gasteiger partial charge is 0.472 e. The van der Waals surface area contributed by atoms with Gasteiger partial charge in [-0.15, -0.1) is 0 Å². The summed E-state index contributed by atoms with van der Waals surface area (Å²) in [5.74, 6) is 0.700. The first-order valence-corrected chi connectivity index (χ1v) is 35.2. The normalized spacial score (nSPS) is 14.8. The van der Waals surface area contributed by atoms with Gasteiger partial charge in [0.25, 0.3) is 0 Å². The van der Waals surface area contributed by atoms with Crippen LogP contribution < -0.4 is 0 Å². The molecule has 0 saturated heterocycles. The maximum atomic E-state index is 12.9.